The number of hydrogen-bond acceptors (Lipinski definition) is 6. The van der Waals surface area contributed by atoms with Crippen molar-refractivity contribution in [2.75, 3.05) is 13.7 Å². The highest BCUT2D eigenvalue weighted by Gasteiger charge is 2.19. The van der Waals surface area contributed by atoms with Gasteiger partial charge < -0.3 is 14.2 Å². The number of methoxy groups -OCH3 is 1. The van der Waals surface area contributed by atoms with Crippen LogP contribution in [0.5, 0.6) is 17.2 Å². The van der Waals surface area contributed by atoms with Crippen molar-refractivity contribution in [1.29, 1.82) is 0 Å². The summed E-state index contributed by atoms with van der Waals surface area (Å²) in [6.45, 7) is 8.79. The Balaban J connectivity index is 1.60. The predicted octanol–water partition coefficient (Wildman–Crippen LogP) is 8.78. The fourth-order valence-corrected chi connectivity index (χ4v) is 5.69. The van der Waals surface area contributed by atoms with Crippen molar-refractivity contribution in [3.05, 3.63) is 115 Å². The number of hydrogen-bond donors (Lipinski definition) is 0. The van der Waals surface area contributed by atoms with E-state index in [0.717, 1.165) is 28.0 Å². The van der Waals surface area contributed by atoms with E-state index in [0.29, 0.717) is 49.9 Å². The highest BCUT2D eigenvalue weighted by atomic mass is 79.9. The molecule has 9 heteroatoms. The van der Waals surface area contributed by atoms with Crippen molar-refractivity contribution in [1.82, 2.24) is 9.66 Å². The minimum atomic E-state index is -0.271. The molecule has 0 unspecified atom stereocenters. The largest absolute Gasteiger partial charge is 0.496 e. The molecular formula is C35H33BrClN3O4. The zero-order valence-corrected chi connectivity index (χ0v) is 27.6. The first-order chi connectivity index (χ1) is 21.2. The van der Waals surface area contributed by atoms with Crippen LogP contribution in [0.15, 0.2) is 87.2 Å². The van der Waals surface area contributed by atoms with Gasteiger partial charge in [0.25, 0.3) is 5.56 Å². The second kappa shape index (κ2) is 13.7. The molecule has 5 rings (SSSR count). The first-order valence-corrected chi connectivity index (χ1v) is 15.5. The minimum Gasteiger partial charge on any atom is -0.496 e. The molecule has 4 aromatic carbocycles. The second-order valence-corrected chi connectivity index (χ2v) is 11.8. The summed E-state index contributed by atoms with van der Waals surface area (Å²) in [7, 11) is 1.66. The first-order valence-electron chi connectivity index (χ1n) is 14.3. The maximum Gasteiger partial charge on any atom is 0.282 e. The van der Waals surface area contributed by atoms with E-state index in [2.05, 4.69) is 34.9 Å². The standard InChI is InChI=1S/C35H33BrClN3O4/c1-6-43-32-17-23(16-28(36)33(32)44-20-24-11-7-9-13-29(24)37)19-38-40-34(39-30-14-10-8-12-25(30)35(40)41)27-18-26(21(2)3)31(42-5)15-22(27)4/h7-19,21H,6,20H2,1-5H3. The second-order valence-electron chi connectivity index (χ2n) is 10.5. The fraction of sp³-hybridized carbons (Fsp3) is 0.229. The number of nitrogens with zero attached hydrogens (tertiary/aromatic N) is 3. The highest BCUT2D eigenvalue weighted by Crippen LogP contribution is 2.38. The van der Waals surface area contributed by atoms with E-state index in [1.165, 1.54) is 4.68 Å². The Kier molecular flexibility index (Phi) is 9.71. The summed E-state index contributed by atoms with van der Waals surface area (Å²) in [5.41, 5.74) is 4.62. The third kappa shape index (κ3) is 6.51. The Labute approximate surface area is 270 Å². The molecule has 1 aromatic heterocycles. The average Bonchev–Trinajstić information content (AvgIpc) is 3.00. The zero-order chi connectivity index (χ0) is 31.4. The van der Waals surface area contributed by atoms with Gasteiger partial charge in [-0.2, -0.15) is 9.78 Å². The summed E-state index contributed by atoms with van der Waals surface area (Å²) in [5.74, 6) is 2.51. The van der Waals surface area contributed by atoms with Gasteiger partial charge in [-0.1, -0.05) is 55.8 Å². The molecule has 0 atom stereocenters. The molecule has 226 valence electrons. The van der Waals surface area contributed by atoms with E-state index in [4.69, 9.17) is 30.8 Å². The molecule has 0 amide bonds. The van der Waals surface area contributed by atoms with Gasteiger partial charge in [0.15, 0.2) is 17.3 Å². The number of benzene rings is 4. The Morgan fingerprint density at radius 3 is 2.50 bits per heavy atom. The highest BCUT2D eigenvalue weighted by molar-refractivity contribution is 9.10. The molecule has 0 aliphatic carbocycles. The summed E-state index contributed by atoms with van der Waals surface area (Å²) in [5, 5.41) is 5.79. The molecule has 44 heavy (non-hydrogen) atoms. The van der Waals surface area contributed by atoms with Crippen LogP contribution in [0.4, 0.5) is 0 Å². The number of halogens is 2. The summed E-state index contributed by atoms with van der Waals surface area (Å²) >= 11 is 9.97. The van der Waals surface area contributed by atoms with Crippen molar-refractivity contribution < 1.29 is 14.2 Å². The van der Waals surface area contributed by atoms with Gasteiger partial charge in [0.1, 0.15) is 12.4 Å². The molecule has 7 nitrogen and oxygen atoms in total. The Hall–Kier alpha value is -4.14. The number of aryl methyl sites for hydroxylation is 1. The van der Waals surface area contributed by atoms with Crippen LogP contribution in [0.25, 0.3) is 22.3 Å². The zero-order valence-electron chi connectivity index (χ0n) is 25.2. The summed E-state index contributed by atoms with van der Waals surface area (Å²) in [4.78, 5) is 18.8. The first kappa shape index (κ1) is 31.3. The number of rotatable bonds is 10. The van der Waals surface area contributed by atoms with Gasteiger partial charge in [0.05, 0.1) is 35.3 Å². The van der Waals surface area contributed by atoms with Crippen LogP contribution in [0.3, 0.4) is 0 Å². The van der Waals surface area contributed by atoms with Crippen molar-refractivity contribution in [3.63, 3.8) is 0 Å². The molecule has 0 fully saturated rings. The Morgan fingerprint density at radius 2 is 1.77 bits per heavy atom. The molecular weight excluding hydrogens is 642 g/mol. The topological polar surface area (TPSA) is 74.9 Å². The maximum atomic E-state index is 13.9. The van der Waals surface area contributed by atoms with Crippen molar-refractivity contribution >= 4 is 44.6 Å². The average molecular weight is 675 g/mol. The van der Waals surface area contributed by atoms with E-state index in [1.807, 2.05) is 80.6 Å². The lowest BCUT2D eigenvalue weighted by molar-refractivity contribution is 0.267. The van der Waals surface area contributed by atoms with Gasteiger partial charge in [0.2, 0.25) is 0 Å². The predicted molar refractivity (Wildman–Crippen MR) is 181 cm³/mol. The number of aromatic nitrogens is 2. The van der Waals surface area contributed by atoms with Gasteiger partial charge in [-0.25, -0.2) is 4.98 Å². The van der Waals surface area contributed by atoms with Crippen LogP contribution in [0.2, 0.25) is 5.02 Å². The lowest BCUT2D eigenvalue weighted by atomic mass is 9.96. The lowest BCUT2D eigenvalue weighted by Crippen LogP contribution is -2.20. The maximum absolute atomic E-state index is 13.9. The van der Waals surface area contributed by atoms with Crippen LogP contribution < -0.4 is 19.8 Å². The Morgan fingerprint density at radius 1 is 1.02 bits per heavy atom. The fourth-order valence-electron chi connectivity index (χ4n) is 4.93. The smallest absolute Gasteiger partial charge is 0.282 e. The van der Waals surface area contributed by atoms with Crippen LogP contribution >= 0.6 is 27.5 Å². The van der Waals surface area contributed by atoms with Crippen LogP contribution in [-0.2, 0) is 6.61 Å². The monoisotopic (exact) mass is 673 g/mol. The van der Waals surface area contributed by atoms with Gasteiger partial charge in [-0.05, 0) is 94.9 Å². The molecule has 0 radical (unpaired) electrons. The number of ether oxygens (including phenoxy) is 3. The molecule has 0 saturated carbocycles. The normalized spacial score (nSPS) is 11.5. The van der Waals surface area contributed by atoms with Crippen molar-refractivity contribution in [3.8, 4) is 28.6 Å². The SMILES string of the molecule is CCOc1cc(C=Nn2c(-c3cc(C(C)C)c(OC)cc3C)nc3ccccc3c2=O)cc(Br)c1OCc1ccccc1Cl. The van der Waals surface area contributed by atoms with Gasteiger partial charge in [0, 0.05) is 16.1 Å². The van der Waals surface area contributed by atoms with Crippen molar-refractivity contribution in [2.45, 2.75) is 40.2 Å². The minimum absolute atomic E-state index is 0.196. The third-order valence-corrected chi connectivity index (χ3v) is 8.14. The summed E-state index contributed by atoms with van der Waals surface area (Å²) in [6.07, 6.45) is 1.62. The van der Waals surface area contributed by atoms with E-state index >= 15 is 0 Å². The summed E-state index contributed by atoms with van der Waals surface area (Å²) in [6, 6.07) is 22.5. The van der Waals surface area contributed by atoms with E-state index < -0.39 is 0 Å². The number of fused-ring (bicyclic) bond motifs is 1. The lowest BCUT2D eigenvalue weighted by Gasteiger charge is -2.17. The molecule has 0 N–H and O–H groups in total. The van der Waals surface area contributed by atoms with Gasteiger partial charge in [-0.3, -0.25) is 4.79 Å². The molecule has 0 saturated heterocycles. The molecule has 0 aliphatic rings. The third-order valence-electron chi connectivity index (χ3n) is 7.18. The van der Waals surface area contributed by atoms with Crippen molar-refractivity contribution in [2.24, 2.45) is 5.10 Å². The van der Waals surface area contributed by atoms with Gasteiger partial charge >= 0.3 is 0 Å². The number of para-hydroxylation sites is 1. The van der Waals surface area contributed by atoms with E-state index in [-0.39, 0.29) is 18.1 Å². The molecule has 5 aromatic rings. The molecule has 0 spiro atoms. The summed E-state index contributed by atoms with van der Waals surface area (Å²) < 4.78 is 19.8. The van der Waals surface area contributed by atoms with E-state index in [1.54, 1.807) is 19.4 Å². The van der Waals surface area contributed by atoms with Crippen LogP contribution in [0, 0.1) is 6.92 Å². The molecule has 0 aliphatic heterocycles. The van der Waals surface area contributed by atoms with Crippen LogP contribution in [-0.4, -0.2) is 29.6 Å². The molecule has 1 heterocycles. The quantitative estimate of drug-likeness (QED) is 0.139. The van der Waals surface area contributed by atoms with E-state index in [9.17, 15) is 4.79 Å². The van der Waals surface area contributed by atoms with Crippen LogP contribution in [0.1, 0.15) is 48.9 Å². The van der Waals surface area contributed by atoms with Gasteiger partial charge in [-0.15, -0.1) is 0 Å². The molecule has 0 bridgehead atoms. The Bertz CT molecular complexity index is 1920.